The molecule has 0 fully saturated rings. The molecule has 0 aliphatic carbocycles. The van der Waals surface area contributed by atoms with Gasteiger partial charge in [-0.1, -0.05) is 18.2 Å². The third-order valence-electron chi connectivity index (χ3n) is 1.78. The number of benzene rings is 1. The Balaban J connectivity index is 2.79. The Morgan fingerprint density at radius 1 is 1.36 bits per heavy atom. The number of amides is 1. The van der Waals surface area contributed by atoms with E-state index in [1.165, 1.54) is 11.0 Å². The zero-order valence-corrected chi connectivity index (χ0v) is 8.27. The highest BCUT2D eigenvalue weighted by atomic mass is 16.3. The molecule has 1 rings (SSSR count). The van der Waals surface area contributed by atoms with Gasteiger partial charge in [0.1, 0.15) is 5.75 Å². The van der Waals surface area contributed by atoms with Crippen molar-refractivity contribution in [2.45, 2.75) is 0 Å². The number of carbonyl (C=O) groups is 1. The van der Waals surface area contributed by atoms with Crippen molar-refractivity contribution < 1.29 is 9.90 Å². The van der Waals surface area contributed by atoms with Gasteiger partial charge in [0.15, 0.2) is 0 Å². The molecule has 0 spiro atoms. The summed E-state index contributed by atoms with van der Waals surface area (Å²) in [5.74, 6) is 0.0727. The lowest BCUT2D eigenvalue weighted by molar-refractivity contribution is -0.123. The molecule has 0 aliphatic rings. The number of phenols is 1. The summed E-state index contributed by atoms with van der Waals surface area (Å²) < 4.78 is 0. The maximum atomic E-state index is 11.2. The van der Waals surface area contributed by atoms with Gasteiger partial charge in [0.2, 0.25) is 5.91 Å². The SMILES string of the molecule is CN(C)C(=O)/C=C/c1ccccc1O. The first-order chi connectivity index (χ1) is 6.61. The van der Waals surface area contributed by atoms with Crippen LogP contribution in [0.4, 0.5) is 0 Å². The predicted molar refractivity (Wildman–Crippen MR) is 55.8 cm³/mol. The molecule has 1 aromatic rings. The number of nitrogens with zero attached hydrogens (tertiary/aromatic N) is 1. The van der Waals surface area contributed by atoms with Crippen LogP contribution < -0.4 is 0 Å². The Labute approximate surface area is 83.3 Å². The summed E-state index contributed by atoms with van der Waals surface area (Å²) in [6.45, 7) is 0. The molecule has 1 N–H and O–H groups in total. The Morgan fingerprint density at radius 3 is 2.57 bits per heavy atom. The van der Waals surface area contributed by atoms with Gasteiger partial charge in [0.05, 0.1) is 0 Å². The number of aromatic hydroxyl groups is 1. The van der Waals surface area contributed by atoms with Crippen LogP contribution in [0.1, 0.15) is 5.56 Å². The minimum Gasteiger partial charge on any atom is -0.507 e. The summed E-state index contributed by atoms with van der Waals surface area (Å²) >= 11 is 0. The van der Waals surface area contributed by atoms with Crippen molar-refractivity contribution in [2.24, 2.45) is 0 Å². The summed E-state index contributed by atoms with van der Waals surface area (Å²) in [7, 11) is 3.36. The molecule has 3 heteroatoms. The second-order valence-electron chi connectivity index (χ2n) is 3.12. The Kier molecular flexibility index (Phi) is 3.29. The van der Waals surface area contributed by atoms with Crippen molar-refractivity contribution in [3.63, 3.8) is 0 Å². The van der Waals surface area contributed by atoms with Crippen LogP contribution in [0.3, 0.4) is 0 Å². The van der Waals surface area contributed by atoms with Crippen molar-refractivity contribution in [3.05, 3.63) is 35.9 Å². The molecule has 0 atom stereocenters. The van der Waals surface area contributed by atoms with Crippen LogP contribution in [0, 0.1) is 0 Å². The minimum atomic E-state index is -0.103. The van der Waals surface area contributed by atoms with Gasteiger partial charge in [-0.3, -0.25) is 4.79 Å². The fourth-order valence-corrected chi connectivity index (χ4v) is 0.939. The normalized spacial score (nSPS) is 10.4. The third kappa shape index (κ3) is 2.62. The number of carbonyl (C=O) groups excluding carboxylic acids is 1. The highest BCUT2D eigenvalue weighted by Crippen LogP contribution is 2.16. The third-order valence-corrected chi connectivity index (χ3v) is 1.78. The zero-order valence-electron chi connectivity index (χ0n) is 8.27. The van der Waals surface area contributed by atoms with Crippen LogP contribution in [0.25, 0.3) is 6.08 Å². The van der Waals surface area contributed by atoms with E-state index in [9.17, 15) is 9.90 Å². The van der Waals surface area contributed by atoms with Crippen molar-refractivity contribution >= 4 is 12.0 Å². The molecular formula is C11H13NO2. The lowest BCUT2D eigenvalue weighted by Gasteiger charge is -2.05. The Hall–Kier alpha value is -1.77. The van der Waals surface area contributed by atoms with E-state index in [1.54, 1.807) is 44.4 Å². The quantitative estimate of drug-likeness (QED) is 0.719. The molecule has 0 heterocycles. The van der Waals surface area contributed by atoms with E-state index >= 15 is 0 Å². The summed E-state index contributed by atoms with van der Waals surface area (Å²) in [5, 5.41) is 9.39. The predicted octanol–water partition coefficient (Wildman–Crippen LogP) is 1.49. The average molecular weight is 191 g/mol. The van der Waals surface area contributed by atoms with Crippen LogP contribution in [0.2, 0.25) is 0 Å². The van der Waals surface area contributed by atoms with Crippen molar-refractivity contribution in [3.8, 4) is 5.75 Å². The second-order valence-corrected chi connectivity index (χ2v) is 3.12. The summed E-state index contributed by atoms with van der Waals surface area (Å²) in [4.78, 5) is 12.7. The summed E-state index contributed by atoms with van der Waals surface area (Å²) in [5.41, 5.74) is 0.641. The van der Waals surface area contributed by atoms with E-state index < -0.39 is 0 Å². The summed E-state index contributed by atoms with van der Waals surface area (Å²) in [6.07, 6.45) is 3.02. The van der Waals surface area contributed by atoms with E-state index in [0.717, 1.165) is 0 Å². The van der Waals surface area contributed by atoms with Gasteiger partial charge in [-0.15, -0.1) is 0 Å². The molecule has 0 radical (unpaired) electrons. The number of phenolic OH excluding ortho intramolecular Hbond substituents is 1. The van der Waals surface area contributed by atoms with Crippen LogP contribution in [-0.4, -0.2) is 30.0 Å². The lowest BCUT2D eigenvalue weighted by Crippen LogP contribution is -2.18. The van der Waals surface area contributed by atoms with Crippen LogP contribution >= 0.6 is 0 Å². The first kappa shape index (κ1) is 10.3. The number of hydrogen-bond acceptors (Lipinski definition) is 2. The first-order valence-electron chi connectivity index (χ1n) is 4.28. The maximum Gasteiger partial charge on any atom is 0.246 e. The molecule has 0 aromatic heterocycles. The molecule has 0 bridgehead atoms. The molecular weight excluding hydrogens is 178 g/mol. The topological polar surface area (TPSA) is 40.5 Å². The number of para-hydroxylation sites is 1. The molecule has 14 heavy (non-hydrogen) atoms. The highest BCUT2D eigenvalue weighted by Gasteiger charge is 1.98. The fraction of sp³-hybridized carbons (Fsp3) is 0.182. The van der Waals surface area contributed by atoms with Gasteiger partial charge >= 0.3 is 0 Å². The number of hydrogen-bond donors (Lipinski definition) is 1. The zero-order chi connectivity index (χ0) is 10.6. The number of likely N-dealkylation sites (N-methyl/N-ethyl adjacent to an activating group) is 1. The van der Waals surface area contributed by atoms with Gasteiger partial charge < -0.3 is 10.0 Å². The van der Waals surface area contributed by atoms with Crippen LogP contribution in [0.15, 0.2) is 30.3 Å². The molecule has 0 saturated heterocycles. The maximum absolute atomic E-state index is 11.2. The van der Waals surface area contributed by atoms with Gasteiger partial charge in [0, 0.05) is 25.7 Å². The van der Waals surface area contributed by atoms with Gasteiger partial charge in [-0.2, -0.15) is 0 Å². The van der Waals surface area contributed by atoms with E-state index in [2.05, 4.69) is 0 Å². The smallest absolute Gasteiger partial charge is 0.246 e. The van der Waals surface area contributed by atoms with Crippen molar-refractivity contribution in [1.82, 2.24) is 4.90 Å². The monoisotopic (exact) mass is 191 g/mol. The number of rotatable bonds is 2. The molecule has 0 aliphatic heterocycles. The fourth-order valence-electron chi connectivity index (χ4n) is 0.939. The van der Waals surface area contributed by atoms with Gasteiger partial charge in [-0.05, 0) is 12.1 Å². The minimum absolute atomic E-state index is 0.103. The van der Waals surface area contributed by atoms with Crippen LogP contribution in [0.5, 0.6) is 5.75 Å². The van der Waals surface area contributed by atoms with Gasteiger partial charge in [-0.25, -0.2) is 0 Å². The van der Waals surface area contributed by atoms with E-state index in [0.29, 0.717) is 5.56 Å². The van der Waals surface area contributed by atoms with Gasteiger partial charge in [0.25, 0.3) is 0 Å². The van der Waals surface area contributed by atoms with Crippen LogP contribution in [-0.2, 0) is 4.79 Å². The standard InChI is InChI=1S/C11H13NO2/c1-12(2)11(14)8-7-9-5-3-4-6-10(9)13/h3-8,13H,1-2H3/b8-7+. The van der Waals surface area contributed by atoms with E-state index in [-0.39, 0.29) is 11.7 Å². The molecule has 3 nitrogen and oxygen atoms in total. The van der Waals surface area contributed by atoms with E-state index in [4.69, 9.17) is 0 Å². The molecule has 0 saturated carbocycles. The lowest BCUT2D eigenvalue weighted by atomic mass is 10.2. The summed E-state index contributed by atoms with van der Waals surface area (Å²) in [6, 6.07) is 6.87. The van der Waals surface area contributed by atoms with Crippen molar-refractivity contribution in [1.29, 1.82) is 0 Å². The second kappa shape index (κ2) is 4.46. The molecule has 1 amide bonds. The van der Waals surface area contributed by atoms with E-state index in [1.807, 2.05) is 0 Å². The molecule has 0 unspecified atom stereocenters. The average Bonchev–Trinajstić information content (AvgIpc) is 2.16. The highest BCUT2D eigenvalue weighted by molar-refractivity contribution is 5.91. The Bertz CT molecular complexity index is 356. The van der Waals surface area contributed by atoms with Crippen molar-refractivity contribution in [2.75, 3.05) is 14.1 Å². The largest absolute Gasteiger partial charge is 0.507 e. The first-order valence-corrected chi connectivity index (χ1v) is 4.28. The Morgan fingerprint density at radius 2 is 2.00 bits per heavy atom. The molecule has 74 valence electrons. The molecule has 1 aromatic carbocycles.